The molecule has 0 amide bonds. The van der Waals surface area contributed by atoms with E-state index in [0.29, 0.717) is 0 Å². The first-order chi connectivity index (χ1) is 11.9. The van der Waals surface area contributed by atoms with Crippen LogP contribution in [0.2, 0.25) is 0 Å². The normalized spacial score (nSPS) is 11.1. The van der Waals surface area contributed by atoms with Gasteiger partial charge in [-0.25, -0.2) is 0 Å². The minimum absolute atomic E-state index is 0.250. The standard InChI is InChI=1S/C11H8.3C5H11.Ta/c1-9-5-4-7-10-6-2-3-8-11(9)10;3*1-5(2,3)4;/h1-8H;3*1H2,2-4H3;/q;3*-1;. The van der Waals surface area contributed by atoms with Crippen LogP contribution < -0.4 is 0 Å². The van der Waals surface area contributed by atoms with Crippen molar-refractivity contribution in [3.05, 3.63) is 68.8 Å². The number of hydrogen-bond donors (Lipinski definition) is 0. The summed E-state index contributed by atoms with van der Waals surface area (Å²) in [6.07, 6.45) is 0. The molecule has 0 fully saturated rings. The van der Waals surface area contributed by atoms with Gasteiger partial charge in [0.2, 0.25) is 0 Å². The Morgan fingerprint density at radius 1 is 0.630 bits per heavy atom. The second kappa shape index (κ2) is 12.7. The molecule has 153 valence electrons. The Morgan fingerprint density at radius 3 is 1.33 bits per heavy atom. The Hall–Kier alpha value is -0.690. The zero-order valence-electron chi connectivity index (χ0n) is 19.2. The van der Waals surface area contributed by atoms with Crippen molar-refractivity contribution in [1.29, 1.82) is 0 Å². The number of fused-ring (bicyclic) bond motifs is 1. The van der Waals surface area contributed by atoms with Gasteiger partial charge in [-0.3, -0.25) is 0 Å². The van der Waals surface area contributed by atoms with E-state index in [9.17, 15) is 0 Å². The first kappa shape index (κ1) is 28.5. The first-order valence-corrected chi connectivity index (χ1v) is 11.3. The summed E-state index contributed by atoms with van der Waals surface area (Å²) in [4.78, 5) is 0. The molecule has 0 atom stereocenters. The van der Waals surface area contributed by atoms with Crippen molar-refractivity contribution in [1.82, 2.24) is 0 Å². The molecule has 0 aliphatic carbocycles. The van der Waals surface area contributed by atoms with E-state index in [0.717, 1.165) is 0 Å². The van der Waals surface area contributed by atoms with Crippen LogP contribution in [-0.4, -0.2) is 4.23 Å². The van der Waals surface area contributed by atoms with Crippen LogP contribution in [0.3, 0.4) is 0 Å². The van der Waals surface area contributed by atoms with E-state index < -0.39 is 0 Å². The van der Waals surface area contributed by atoms with Gasteiger partial charge in [0, 0.05) is 0 Å². The van der Waals surface area contributed by atoms with Gasteiger partial charge >= 0.3 is 83.6 Å². The van der Waals surface area contributed by atoms with Crippen LogP contribution in [0.4, 0.5) is 0 Å². The van der Waals surface area contributed by atoms with Gasteiger partial charge in [0.15, 0.2) is 0 Å². The van der Waals surface area contributed by atoms with Crippen molar-refractivity contribution in [2.75, 3.05) is 0 Å². The maximum atomic E-state index is 3.77. The maximum absolute atomic E-state index is 3.77. The quantitative estimate of drug-likeness (QED) is 0.324. The molecule has 2 aromatic carbocycles. The molecule has 0 saturated carbocycles. The van der Waals surface area contributed by atoms with Crippen LogP contribution in [0.5, 0.6) is 0 Å². The average Bonchev–Trinajstić information content (AvgIpc) is 2.41. The van der Waals surface area contributed by atoms with Crippen molar-refractivity contribution >= 4 is 15.0 Å². The summed E-state index contributed by atoms with van der Waals surface area (Å²) >= 11 is 1.31. The van der Waals surface area contributed by atoms with E-state index in [1.807, 2.05) is 0 Å². The van der Waals surface area contributed by atoms with Crippen LogP contribution in [0.25, 0.3) is 10.8 Å². The molecule has 1 heteroatoms. The molecule has 0 aliphatic heterocycles. The molecule has 0 spiro atoms. The van der Waals surface area contributed by atoms with Crippen LogP contribution in [0.1, 0.15) is 67.9 Å². The molecule has 0 radical (unpaired) electrons. The molecular formula is C26H41Ta-3. The first-order valence-electron chi connectivity index (χ1n) is 9.43. The van der Waals surface area contributed by atoms with Gasteiger partial charge in [-0.2, -0.15) is 16.2 Å². The van der Waals surface area contributed by atoms with Gasteiger partial charge in [-0.1, -0.05) is 62.3 Å². The molecule has 0 bridgehead atoms. The molecule has 0 unspecified atom stereocenters. The fourth-order valence-electron chi connectivity index (χ4n) is 1.36. The third-order valence-corrected chi connectivity index (χ3v) is 2.96. The fraction of sp³-hybridized carbons (Fsp3) is 0.462. The van der Waals surface area contributed by atoms with E-state index in [2.05, 4.69) is 130 Å². The number of benzene rings is 2. The summed E-state index contributed by atoms with van der Waals surface area (Å²) in [5.74, 6) is 0. The summed E-state index contributed by atoms with van der Waals surface area (Å²) in [5.41, 5.74) is 2.11. The van der Waals surface area contributed by atoms with Gasteiger partial charge in [0.1, 0.15) is 0 Å². The summed E-state index contributed by atoms with van der Waals surface area (Å²) in [6.45, 7) is 30.0. The second-order valence-corrected chi connectivity index (χ2v) is 11.3. The van der Waals surface area contributed by atoms with E-state index in [4.69, 9.17) is 0 Å². The zero-order valence-corrected chi connectivity index (χ0v) is 22.4. The molecule has 0 N–H and O–H groups in total. The Kier molecular flexibility index (Phi) is 13.4. The molecule has 0 heterocycles. The van der Waals surface area contributed by atoms with Gasteiger partial charge < -0.3 is 20.8 Å². The molecule has 0 aromatic heterocycles. The monoisotopic (exact) mass is 534 g/mol. The molecule has 0 saturated heterocycles. The van der Waals surface area contributed by atoms with Crippen molar-refractivity contribution in [2.24, 2.45) is 16.2 Å². The predicted octanol–water partition coefficient (Wildman–Crippen LogP) is 8.14. The van der Waals surface area contributed by atoms with Crippen LogP contribution >= 0.6 is 0 Å². The average molecular weight is 535 g/mol. The molecule has 2 aromatic rings. The van der Waals surface area contributed by atoms with Crippen LogP contribution in [0, 0.1) is 37.0 Å². The summed E-state index contributed by atoms with van der Waals surface area (Å²) in [5, 5.41) is 2.69. The summed E-state index contributed by atoms with van der Waals surface area (Å²) < 4.78 is 2.25. The van der Waals surface area contributed by atoms with Crippen molar-refractivity contribution in [3.63, 3.8) is 0 Å². The minimum atomic E-state index is 0.250. The molecule has 2 rings (SSSR count). The topological polar surface area (TPSA) is 0 Å². The van der Waals surface area contributed by atoms with Crippen LogP contribution in [0.15, 0.2) is 42.5 Å². The van der Waals surface area contributed by atoms with Crippen LogP contribution in [-0.2, 0) is 20.6 Å². The van der Waals surface area contributed by atoms with Crippen molar-refractivity contribution in [3.8, 4) is 0 Å². The fourth-order valence-corrected chi connectivity index (χ4v) is 2.17. The van der Waals surface area contributed by atoms with Crippen molar-refractivity contribution in [2.45, 2.75) is 62.3 Å². The molecule has 0 nitrogen and oxygen atoms in total. The summed E-state index contributed by atoms with van der Waals surface area (Å²) in [6, 6.07) is 14.9. The van der Waals surface area contributed by atoms with E-state index in [1.165, 1.54) is 36.9 Å². The van der Waals surface area contributed by atoms with E-state index >= 15 is 0 Å². The van der Waals surface area contributed by atoms with Crippen molar-refractivity contribution < 1.29 is 20.6 Å². The molecule has 0 aliphatic rings. The second-order valence-electron chi connectivity index (χ2n) is 10.4. The van der Waals surface area contributed by atoms with Gasteiger partial charge in [-0.05, 0) is 0 Å². The third-order valence-electron chi connectivity index (χ3n) is 1.96. The Labute approximate surface area is 182 Å². The molecular weight excluding hydrogens is 493 g/mol. The number of hydrogen-bond acceptors (Lipinski definition) is 0. The zero-order chi connectivity index (χ0) is 21.9. The third kappa shape index (κ3) is 27.6. The Morgan fingerprint density at radius 2 is 0.963 bits per heavy atom. The van der Waals surface area contributed by atoms with E-state index in [1.54, 1.807) is 0 Å². The number of rotatable bonds is 1. The SMILES string of the molecule is [CH2-]C(C)(C)C.[CH2-]C(C)(C)C.[CH2-]C(C)(C)C.[Ta]=[CH]c1cccc2ccccc12. The van der Waals surface area contributed by atoms with Gasteiger partial charge in [0.05, 0.1) is 0 Å². The summed E-state index contributed by atoms with van der Waals surface area (Å²) in [7, 11) is 0. The van der Waals surface area contributed by atoms with Gasteiger partial charge in [0.25, 0.3) is 0 Å². The Balaban J connectivity index is 0. The predicted molar refractivity (Wildman–Crippen MR) is 124 cm³/mol. The molecule has 27 heavy (non-hydrogen) atoms. The van der Waals surface area contributed by atoms with E-state index in [-0.39, 0.29) is 16.2 Å². The Bertz CT molecular complexity index is 594. The van der Waals surface area contributed by atoms with Gasteiger partial charge in [-0.15, -0.1) is 0 Å².